The van der Waals surface area contributed by atoms with E-state index in [1.807, 2.05) is 0 Å². The Morgan fingerprint density at radius 1 is 1.21 bits per heavy atom. The molecule has 0 radical (unpaired) electrons. The Morgan fingerprint density at radius 3 is 2.50 bits per heavy atom. The number of aromatic nitrogens is 1. The number of anilines is 2. The zero-order chi connectivity index (χ0) is 27.4. The highest BCUT2D eigenvalue weighted by Crippen LogP contribution is 2.31. The van der Waals surface area contributed by atoms with Crippen molar-refractivity contribution in [2.75, 3.05) is 56.2 Å². The number of benzene rings is 1. The van der Waals surface area contributed by atoms with Gasteiger partial charge in [-0.3, -0.25) is 14.5 Å². The van der Waals surface area contributed by atoms with Crippen LogP contribution in [0, 0.1) is 11.6 Å². The lowest BCUT2D eigenvalue weighted by Gasteiger charge is -2.37. The lowest BCUT2D eigenvalue weighted by molar-refractivity contribution is -0.133. The highest BCUT2D eigenvalue weighted by molar-refractivity contribution is 7.07. The number of rotatable bonds is 7. The molecule has 2 saturated heterocycles. The second-order valence-corrected chi connectivity index (χ2v) is 9.35. The third-order valence-electron chi connectivity index (χ3n) is 6.14. The van der Waals surface area contributed by atoms with Gasteiger partial charge < -0.3 is 29.9 Å². The van der Waals surface area contributed by atoms with E-state index in [2.05, 4.69) is 20.4 Å². The van der Waals surface area contributed by atoms with Crippen molar-refractivity contribution < 1.29 is 37.4 Å². The minimum atomic E-state index is -0.868. The van der Waals surface area contributed by atoms with Gasteiger partial charge in [-0.1, -0.05) is 0 Å². The minimum absolute atomic E-state index is 0.0148. The fraction of sp³-hybridized carbons (Fsp3) is 0.435. The summed E-state index contributed by atoms with van der Waals surface area (Å²) in [7, 11) is 1.19. The van der Waals surface area contributed by atoms with Crippen molar-refractivity contribution in [2.24, 2.45) is 0 Å². The molecule has 2 unspecified atom stereocenters. The van der Waals surface area contributed by atoms with Crippen LogP contribution in [0.4, 0.5) is 29.7 Å². The van der Waals surface area contributed by atoms with Gasteiger partial charge in [0.25, 0.3) is 5.91 Å². The van der Waals surface area contributed by atoms with Crippen LogP contribution >= 0.6 is 11.3 Å². The molecule has 0 aliphatic carbocycles. The van der Waals surface area contributed by atoms with Crippen LogP contribution in [0.25, 0.3) is 0 Å². The van der Waals surface area contributed by atoms with Crippen LogP contribution in [0.15, 0.2) is 23.0 Å². The van der Waals surface area contributed by atoms with Gasteiger partial charge in [0.1, 0.15) is 23.5 Å². The second-order valence-electron chi connectivity index (χ2n) is 8.63. The minimum Gasteiger partial charge on any atom is -0.453 e. The number of carbonyl (C=O) groups is 4. The number of amides is 4. The number of alkyl carbamates (subject to hydrolysis) is 1. The molecule has 2 aromatic rings. The molecule has 2 aliphatic heterocycles. The highest BCUT2D eigenvalue weighted by Gasteiger charge is 2.34. The summed E-state index contributed by atoms with van der Waals surface area (Å²) < 4.78 is 39.7. The Kier molecular flexibility index (Phi) is 8.24. The summed E-state index contributed by atoms with van der Waals surface area (Å²) in [5.41, 5.74) is 1.46. The molecule has 2 atom stereocenters. The number of halogens is 2. The van der Waals surface area contributed by atoms with Crippen LogP contribution in [0.5, 0.6) is 0 Å². The topological polar surface area (TPSA) is 133 Å². The predicted octanol–water partition coefficient (Wildman–Crippen LogP) is 1.57. The second kappa shape index (κ2) is 11.6. The SMILES string of the molecule is COC(=O)NCC1CN(c2cc(F)c(N3CCN(C(=O)C(C)NC(=O)c4cscn4)CC3)c(F)c2)C(=O)O1. The van der Waals surface area contributed by atoms with E-state index < -0.39 is 41.9 Å². The summed E-state index contributed by atoms with van der Waals surface area (Å²) in [6, 6.07) is 1.29. The molecule has 12 nitrogen and oxygen atoms in total. The monoisotopic (exact) mass is 552 g/mol. The van der Waals surface area contributed by atoms with E-state index >= 15 is 8.78 Å². The number of nitrogens with zero attached hydrogens (tertiary/aromatic N) is 4. The molecule has 2 fully saturated rings. The molecule has 3 heterocycles. The van der Waals surface area contributed by atoms with E-state index in [9.17, 15) is 19.2 Å². The summed E-state index contributed by atoms with van der Waals surface area (Å²) in [5, 5.41) is 6.59. The quantitative estimate of drug-likeness (QED) is 0.529. The van der Waals surface area contributed by atoms with E-state index in [0.29, 0.717) is 0 Å². The van der Waals surface area contributed by atoms with Crippen molar-refractivity contribution in [2.45, 2.75) is 19.1 Å². The fourth-order valence-electron chi connectivity index (χ4n) is 4.20. The Balaban J connectivity index is 1.35. The third kappa shape index (κ3) is 5.93. The molecular formula is C23H26F2N6O6S. The molecular weight excluding hydrogens is 526 g/mol. The normalized spacial score (nSPS) is 18.2. The highest BCUT2D eigenvalue weighted by atomic mass is 32.1. The Morgan fingerprint density at radius 2 is 1.89 bits per heavy atom. The number of cyclic esters (lactones) is 1. The first-order chi connectivity index (χ1) is 18.2. The number of hydrogen-bond acceptors (Lipinski definition) is 9. The lowest BCUT2D eigenvalue weighted by Crippen LogP contribution is -2.54. The molecule has 1 aromatic carbocycles. The maximum Gasteiger partial charge on any atom is 0.414 e. The maximum atomic E-state index is 15.1. The summed E-state index contributed by atoms with van der Waals surface area (Å²) in [6.07, 6.45) is -2.21. The van der Waals surface area contributed by atoms with Crippen LogP contribution in [0.3, 0.4) is 0 Å². The molecule has 2 aliphatic rings. The van der Waals surface area contributed by atoms with Gasteiger partial charge in [-0.25, -0.2) is 23.4 Å². The summed E-state index contributed by atoms with van der Waals surface area (Å²) in [5.74, 6) is -2.50. The number of ether oxygens (including phenoxy) is 2. The Bertz CT molecular complexity index is 1180. The molecule has 0 bridgehead atoms. The lowest BCUT2D eigenvalue weighted by atomic mass is 10.1. The zero-order valence-electron chi connectivity index (χ0n) is 20.6. The molecule has 2 N–H and O–H groups in total. The van der Waals surface area contributed by atoms with Gasteiger partial charge >= 0.3 is 12.2 Å². The molecule has 4 amide bonds. The molecule has 15 heteroatoms. The van der Waals surface area contributed by atoms with Gasteiger partial charge in [0.2, 0.25) is 5.91 Å². The average molecular weight is 553 g/mol. The Hall–Kier alpha value is -4.01. The van der Waals surface area contributed by atoms with Crippen molar-refractivity contribution in [3.05, 3.63) is 40.4 Å². The van der Waals surface area contributed by atoms with E-state index in [-0.39, 0.29) is 62.2 Å². The van der Waals surface area contributed by atoms with Crippen LogP contribution in [-0.2, 0) is 14.3 Å². The largest absolute Gasteiger partial charge is 0.453 e. The standard InChI is InChI=1S/C23H26F2N6O6S/c1-13(28-20(32)18-11-38-12-27-18)21(33)30-5-3-29(4-6-30)19-16(24)7-14(8-17(19)25)31-10-15(37-23(31)35)9-26-22(34)36-2/h7-8,11-13,15H,3-6,9-10H2,1-2H3,(H,26,34)(H,28,32). The van der Waals surface area contributed by atoms with E-state index in [0.717, 1.165) is 17.0 Å². The van der Waals surface area contributed by atoms with Crippen molar-refractivity contribution in [1.82, 2.24) is 20.5 Å². The molecule has 204 valence electrons. The van der Waals surface area contributed by atoms with Crippen LogP contribution in [-0.4, -0.2) is 92.4 Å². The fourth-order valence-corrected chi connectivity index (χ4v) is 4.73. The summed E-state index contributed by atoms with van der Waals surface area (Å²) in [6.45, 7) is 2.26. The molecule has 38 heavy (non-hydrogen) atoms. The molecule has 1 aromatic heterocycles. The van der Waals surface area contributed by atoms with Gasteiger partial charge in [-0.05, 0) is 6.92 Å². The van der Waals surface area contributed by atoms with Gasteiger partial charge in [0, 0.05) is 43.7 Å². The average Bonchev–Trinajstić information content (AvgIpc) is 3.57. The number of nitrogens with one attached hydrogen (secondary N) is 2. The van der Waals surface area contributed by atoms with E-state index in [1.54, 1.807) is 12.3 Å². The smallest absolute Gasteiger partial charge is 0.414 e. The third-order valence-corrected chi connectivity index (χ3v) is 6.72. The Labute approximate surface area is 220 Å². The van der Waals surface area contributed by atoms with Gasteiger partial charge in [0.15, 0.2) is 11.6 Å². The number of hydrogen-bond donors (Lipinski definition) is 2. The van der Waals surface area contributed by atoms with Gasteiger partial charge in [-0.15, -0.1) is 11.3 Å². The molecule has 0 spiro atoms. The van der Waals surface area contributed by atoms with Crippen LogP contribution < -0.4 is 20.4 Å². The van der Waals surface area contributed by atoms with Crippen molar-refractivity contribution in [3.63, 3.8) is 0 Å². The number of carbonyl (C=O) groups excluding carboxylic acids is 4. The van der Waals surface area contributed by atoms with Crippen LogP contribution in [0.1, 0.15) is 17.4 Å². The van der Waals surface area contributed by atoms with Crippen molar-refractivity contribution in [1.29, 1.82) is 0 Å². The molecule has 4 rings (SSSR count). The predicted molar refractivity (Wildman–Crippen MR) is 132 cm³/mol. The van der Waals surface area contributed by atoms with Crippen molar-refractivity contribution >= 4 is 46.7 Å². The zero-order valence-corrected chi connectivity index (χ0v) is 21.4. The first kappa shape index (κ1) is 27.0. The first-order valence-corrected chi connectivity index (χ1v) is 12.6. The van der Waals surface area contributed by atoms with Crippen molar-refractivity contribution in [3.8, 4) is 0 Å². The number of methoxy groups -OCH3 is 1. The number of thiazole rings is 1. The van der Waals surface area contributed by atoms with Crippen LogP contribution in [0.2, 0.25) is 0 Å². The van der Waals surface area contributed by atoms with Gasteiger partial charge in [0.05, 0.1) is 31.4 Å². The van der Waals surface area contributed by atoms with Gasteiger partial charge in [-0.2, -0.15) is 0 Å². The van der Waals surface area contributed by atoms with E-state index in [4.69, 9.17) is 4.74 Å². The molecule has 0 saturated carbocycles. The summed E-state index contributed by atoms with van der Waals surface area (Å²) >= 11 is 1.27. The number of piperazine rings is 1. The maximum absolute atomic E-state index is 15.1. The van der Waals surface area contributed by atoms with E-state index in [1.165, 1.54) is 33.8 Å². The summed E-state index contributed by atoms with van der Waals surface area (Å²) in [4.78, 5) is 56.4. The first-order valence-electron chi connectivity index (χ1n) is 11.7.